The van der Waals surface area contributed by atoms with Gasteiger partial charge in [0.1, 0.15) is 41.7 Å². The zero-order valence-corrected chi connectivity index (χ0v) is 37.7. The van der Waals surface area contributed by atoms with E-state index in [-0.39, 0.29) is 17.2 Å². The number of primary amides is 1. The zero-order valence-electron chi connectivity index (χ0n) is 36.8. The molecule has 0 aliphatic carbocycles. The van der Waals surface area contributed by atoms with Crippen LogP contribution < -0.4 is 47.7 Å². The number of fused-ring (bicyclic) bond motifs is 5. The van der Waals surface area contributed by atoms with Gasteiger partial charge in [0.15, 0.2) is 6.04 Å². The number of aromatic amines is 1. The molecule has 1 aromatic heterocycles. The van der Waals surface area contributed by atoms with E-state index in [0.717, 1.165) is 4.90 Å². The molecule has 2 bridgehead atoms. The number of H-pyrrole nitrogens is 1. The molecule has 24 nitrogen and oxygen atoms in total. The maximum atomic E-state index is 14.7. The van der Waals surface area contributed by atoms with Crippen LogP contribution in [-0.4, -0.2) is 170 Å². The van der Waals surface area contributed by atoms with Crippen molar-refractivity contribution in [2.24, 2.45) is 17.6 Å². The first-order valence-electron chi connectivity index (χ1n) is 21.5. The Morgan fingerprint density at radius 1 is 0.894 bits per heavy atom. The third kappa shape index (κ3) is 12.2. The van der Waals surface area contributed by atoms with E-state index in [9.17, 15) is 63.0 Å². The molecule has 1 saturated heterocycles. The summed E-state index contributed by atoms with van der Waals surface area (Å²) >= 11 is -2.34. The first kappa shape index (κ1) is 51.0. The highest BCUT2D eigenvalue weighted by Gasteiger charge is 2.45. The van der Waals surface area contributed by atoms with Gasteiger partial charge in [-0.3, -0.25) is 43.2 Å². The van der Waals surface area contributed by atoms with E-state index in [1.807, 2.05) is 0 Å². The molecule has 0 saturated carbocycles. The van der Waals surface area contributed by atoms with Crippen LogP contribution >= 0.6 is 0 Å². The molecule has 0 radical (unpaired) electrons. The smallest absolute Gasteiger partial charge is 0.248 e. The Hall–Kier alpha value is -6.02. The van der Waals surface area contributed by atoms with Crippen LogP contribution in [0, 0.1) is 11.8 Å². The van der Waals surface area contributed by atoms with Gasteiger partial charge in [-0.15, -0.1) is 0 Å². The number of ether oxygens (including phenoxy) is 1. The number of rotatable bonds is 9. The summed E-state index contributed by atoms with van der Waals surface area (Å²) in [6.07, 6.45) is -4.33. The average molecular weight is 947 g/mol. The lowest BCUT2D eigenvalue weighted by Crippen LogP contribution is -2.62. The molecule has 1 aromatic carbocycles. The van der Waals surface area contributed by atoms with Gasteiger partial charge in [-0.25, -0.2) is 0 Å². The van der Waals surface area contributed by atoms with Crippen LogP contribution in [0.25, 0.3) is 10.9 Å². The van der Waals surface area contributed by atoms with E-state index in [2.05, 4.69) is 42.2 Å². The normalized spacial score (nSPS) is 28.0. The van der Waals surface area contributed by atoms with Crippen LogP contribution in [0.15, 0.2) is 23.2 Å². The number of hydrogen-bond acceptors (Lipinski definition) is 14. The SMILES string of the molecule is CCOc1ccc2c3c([nH]c2c1)[S+]([O-])C[C@@H]1NC(=O)CNC(=O)[C@H]([C@@H](C)CC)NC(=O)CNC(=O)[C@@H](C3)NC(=O)[C@H]([C@@H](C)[C@@H](O)CO)NC(=O)[C@@H]2C[C@@H](O)CN2C(=O)[C@H](CC(N)=O)NC1=O. The molecule has 4 heterocycles. The van der Waals surface area contributed by atoms with Crippen molar-refractivity contribution in [3.8, 4) is 5.75 Å². The van der Waals surface area contributed by atoms with Crippen LogP contribution in [0.1, 0.15) is 52.5 Å². The molecular formula is C41H58N10O14S. The molecule has 1 fully saturated rings. The Labute approximate surface area is 381 Å². The number of amides is 9. The van der Waals surface area contributed by atoms with E-state index in [0.29, 0.717) is 23.1 Å². The number of nitrogens with two attached hydrogens (primary N) is 1. The topological polar surface area (TPSA) is 376 Å². The Balaban J connectivity index is 1.74. The van der Waals surface area contributed by atoms with Gasteiger partial charge in [-0.05, 0) is 25.0 Å². The van der Waals surface area contributed by atoms with Crippen molar-refractivity contribution >= 4 is 75.2 Å². The molecule has 0 spiro atoms. The number of carbonyl (C=O) groups excluding carboxylic acids is 9. The molecular weight excluding hydrogens is 889 g/mol. The molecule has 9 amide bonds. The minimum absolute atomic E-state index is 0.102. The van der Waals surface area contributed by atoms with Crippen molar-refractivity contribution in [3.05, 3.63) is 23.8 Å². The average Bonchev–Trinajstić information content (AvgIpc) is 3.85. The quantitative estimate of drug-likeness (QED) is 0.105. The van der Waals surface area contributed by atoms with Gasteiger partial charge in [0.05, 0.1) is 50.4 Å². The van der Waals surface area contributed by atoms with Crippen molar-refractivity contribution in [1.82, 2.24) is 47.1 Å². The molecule has 13 N–H and O–H groups in total. The van der Waals surface area contributed by atoms with Crippen LogP contribution in [0.3, 0.4) is 0 Å². The van der Waals surface area contributed by atoms with E-state index in [1.54, 1.807) is 39.0 Å². The largest absolute Gasteiger partial charge is 0.610 e. The highest BCUT2D eigenvalue weighted by atomic mass is 32.2. The van der Waals surface area contributed by atoms with Crippen LogP contribution in [0.2, 0.25) is 0 Å². The Kier molecular flexibility index (Phi) is 17.3. The zero-order chi connectivity index (χ0) is 48.6. The first-order chi connectivity index (χ1) is 31.3. The van der Waals surface area contributed by atoms with E-state index >= 15 is 0 Å². The third-order valence-corrected chi connectivity index (χ3v) is 13.3. The summed E-state index contributed by atoms with van der Waals surface area (Å²) in [5.74, 6) is -11.2. The van der Waals surface area contributed by atoms with Crippen molar-refractivity contribution in [2.75, 3.05) is 38.6 Å². The van der Waals surface area contributed by atoms with E-state index in [1.165, 1.54) is 6.92 Å². The molecule has 3 aliphatic heterocycles. The number of aromatic nitrogens is 1. The second-order valence-electron chi connectivity index (χ2n) is 16.6. The molecule has 2 aromatic rings. The minimum atomic E-state index is -2.34. The number of nitrogens with one attached hydrogen (secondary N) is 8. The number of nitrogens with zero attached hydrogens (tertiary/aromatic N) is 1. The molecule has 5 rings (SSSR count). The Bertz CT molecular complexity index is 2190. The highest BCUT2D eigenvalue weighted by molar-refractivity contribution is 7.91. The van der Waals surface area contributed by atoms with Crippen molar-refractivity contribution in [2.45, 2.75) is 107 Å². The van der Waals surface area contributed by atoms with Crippen LogP contribution in [0.5, 0.6) is 5.75 Å². The van der Waals surface area contributed by atoms with Gasteiger partial charge in [0, 0.05) is 53.5 Å². The summed E-state index contributed by atoms with van der Waals surface area (Å²) in [7, 11) is 0. The second kappa shape index (κ2) is 22.4. The summed E-state index contributed by atoms with van der Waals surface area (Å²) in [6.45, 7) is 3.87. The third-order valence-electron chi connectivity index (χ3n) is 11.8. The lowest BCUT2D eigenvalue weighted by molar-refractivity contribution is -0.144. The fourth-order valence-electron chi connectivity index (χ4n) is 7.95. The van der Waals surface area contributed by atoms with Crippen molar-refractivity contribution in [1.29, 1.82) is 0 Å². The van der Waals surface area contributed by atoms with E-state index < -0.39 is 176 Å². The predicted octanol–water partition coefficient (Wildman–Crippen LogP) is -5.23. The Morgan fingerprint density at radius 2 is 1.58 bits per heavy atom. The standard InChI is InChI=1S/C41H58N10O14S/c1-5-18(3)33-38(61)44-13-31(56)45-27-17-66(64)40-23(22-8-7-21(65-6-2)10-24(22)48-40)11-25(35(58)43-14-32(57)49-33)46-39(62)34(19(4)29(54)16-52)50-37(60)28-9-20(53)15-51(28)41(63)26(12-30(42)55)47-36(27)59/h7-8,10,18-20,25-29,33-34,48,52-54H,5-6,9,11-17H2,1-4H3,(H2,42,55)(H,43,58)(H,44,61)(H,45,56)(H,46,62)(H,47,59)(H,49,57)(H,50,60)/t18-,19-,20+,25+,26-,27-,28-,29-,33-,34-,66?/m0/s1. The van der Waals surface area contributed by atoms with Gasteiger partial charge in [0.2, 0.25) is 58.2 Å². The molecule has 3 aliphatic rings. The van der Waals surface area contributed by atoms with Crippen molar-refractivity contribution < 1.29 is 67.8 Å². The number of aliphatic hydroxyl groups is 3. The number of carbonyl (C=O) groups is 9. The summed E-state index contributed by atoms with van der Waals surface area (Å²) in [4.78, 5) is 128. The van der Waals surface area contributed by atoms with Gasteiger partial charge >= 0.3 is 0 Å². The van der Waals surface area contributed by atoms with Gasteiger partial charge in [0.25, 0.3) is 0 Å². The van der Waals surface area contributed by atoms with Crippen molar-refractivity contribution in [3.63, 3.8) is 0 Å². The Morgan fingerprint density at radius 3 is 2.23 bits per heavy atom. The lowest BCUT2D eigenvalue weighted by atomic mass is 9.93. The van der Waals surface area contributed by atoms with E-state index in [4.69, 9.17) is 10.5 Å². The maximum Gasteiger partial charge on any atom is 0.248 e. The fraction of sp³-hybridized carbons (Fsp3) is 0.585. The fourth-order valence-corrected chi connectivity index (χ4v) is 9.34. The van der Waals surface area contributed by atoms with Crippen LogP contribution in [-0.2, 0) is 60.7 Å². The van der Waals surface area contributed by atoms with Crippen LogP contribution in [0.4, 0.5) is 0 Å². The van der Waals surface area contributed by atoms with Gasteiger partial charge in [-0.2, -0.15) is 0 Å². The molecule has 25 heteroatoms. The van der Waals surface area contributed by atoms with Gasteiger partial charge < -0.3 is 77.4 Å². The summed E-state index contributed by atoms with van der Waals surface area (Å²) in [5, 5.41) is 48.9. The highest BCUT2D eigenvalue weighted by Crippen LogP contribution is 2.31. The van der Waals surface area contributed by atoms with Gasteiger partial charge in [-0.1, -0.05) is 27.2 Å². The minimum Gasteiger partial charge on any atom is -0.610 e. The first-order valence-corrected chi connectivity index (χ1v) is 22.8. The molecule has 1 unspecified atom stereocenters. The maximum absolute atomic E-state index is 14.7. The second-order valence-corrected chi connectivity index (χ2v) is 18.0. The predicted molar refractivity (Wildman–Crippen MR) is 232 cm³/mol. The summed E-state index contributed by atoms with van der Waals surface area (Å²) in [5.41, 5.74) is 5.98. The lowest BCUT2D eigenvalue weighted by Gasteiger charge is -2.32. The number of aliphatic hydroxyl groups excluding tert-OH is 3. The molecule has 11 atom stereocenters. The number of benzene rings is 1. The monoisotopic (exact) mass is 946 g/mol. The number of hydrogen-bond donors (Lipinski definition) is 12. The molecule has 66 heavy (non-hydrogen) atoms. The molecule has 362 valence electrons. The summed E-state index contributed by atoms with van der Waals surface area (Å²) < 4.78 is 20.4. The summed E-state index contributed by atoms with van der Waals surface area (Å²) in [6, 6.07) is -5.10.